The van der Waals surface area contributed by atoms with Crippen LogP contribution in [-0.4, -0.2) is 12.4 Å². The van der Waals surface area contributed by atoms with Gasteiger partial charge in [-0.3, -0.25) is 0 Å². The fourth-order valence-electron chi connectivity index (χ4n) is 4.01. The number of pyridine rings is 1. The Kier molecular flexibility index (Phi) is 5.42. The Morgan fingerprint density at radius 1 is 0.960 bits per heavy atom. The summed E-state index contributed by atoms with van der Waals surface area (Å²) in [6, 6.07) is 16.1. The third-order valence-corrected chi connectivity index (χ3v) is 5.29. The lowest BCUT2D eigenvalue weighted by molar-refractivity contribution is -0.554. The maximum Gasteiger partial charge on any atom is 0.406 e. The molecule has 0 spiro atoms. The first kappa shape index (κ1) is 17.5. The number of carbonyl (C=O) groups is 1. The van der Waals surface area contributed by atoms with Gasteiger partial charge in [-0.25, -0.2) is 4.79 Å². The van der Waals surface area contributed by atoms with Gasteiger partial charge in [0.05, 0.1) is 11.9 Å². The lowest BCUT2D eigenvalue weighted by Gasteiger charge is -2.48. The molecular weight excluding hydrogens is 309 g/mol. The van der Waals surface area contributed by atoms with E-state index >= 15 is 0 Å². The van der Waals surface area contributed by atoms with Crippen LogP contribution in [-0.2, 0) is 0 Å². The third kappa shape index (κ3) is 3.41. The molecule has 1 aliphatic rings. The van der Waals surface area contributed by atoms with Crippen LogP contribution < -0.4 is 14.6 Å². The van der Waals surface area contributed by atoms with E-state index in [-0.39, 0.29) is 6.03 Å². The number of anilines is 2. The summed E-state index contributed by atoms with van der Waals surface area (Å²) in [5.41, 5.74) is 0.981. The zero-order chi connectivity index (χ0) is 17.7. The lowest BCUT2D eigenvalue weighted by atomic mass is 9.38. The molecule has 132 valence electrons. The van der Waals surface area contributed by atoms with Crippen molar-refractivity contribution in [3.8, 4) is 0 Å². The van der Waals surface area contributed by atoms with Crippen molar-refractivity contribution in [1.29, 1.82) is 0 Å². The molecule has 0 aliphatic carbocycles. The van der Waals surface area contributed by atoms with Crippen LogP contribution in [0.5, 0.6) is 0 Å². The largest absolute Gasteiger partial charge is 0.460 e. The number of aromatic nitrogens is 1. The summed E-state index contributed by atoms with van der Waals surface area (Å²) < 4.78 is 1.73. The first-order chi connectivity index (χ1) is 12.2. The number of nitrogens with zero attached hydrogens (tertiary/aromatic N) is 2. The second-order valence-corrected chi connectivity index (χ2v) is 7.06. The normalized spacial score (nSPS) is 15.6. The van der Waals surface area contributed by atoms with E-state index in [4.69, 9.17) is 0 Å². The Labute approximate surface area is 150 Å². The van der Waals surface area contributed by atoms with Crippen LogP contribution >= 0.6 is 0 Å². The highest BCUT2D eigenvalue weighted by molar-refractivity contribution is 6.89. The second kappa shape index (κ2) is 7.73. The van der Waals surface area contributed by atoms with Gasteiger partial charge in [-0.15, -0.1) is 12.6 Å². The molecule has 1 aliphatic heterocycles. The molecule has 0 unspecified atom stereocenters. The van der Waals surface area contributed by atoms with E-state index in [0.717, 1.165) is 49.8 Å². The maximum absolute atomic E-state index is 13.4. The summed E-state index contributed by atoms with van der Waals surface area (Å²) in [6.45, 7) is 4.42. The monoisotopic (exact) mass is 337 g/mol. The number of amides is 1. The van der Waals surface area contributed by atoms with Gasteiger partial charge >= 0.3 is 12.4 Å². The molecule has 0 saturated heterocycles. The molecule has 4 nitrogen and oxygen atoms in total. The average molecular weight is 337 g/mol. The fraction of sp³-hybridized carbons (Fsp3) is 0.400. The van der Waals surface area contributed by atoms with Crippen LogP contribution in [0.15, 0.2) is 54.7 Å². The third-order valence-electron chi connectivity index (χ3n) is 5.29. The van der Waals surface area contributed by atoms with Crippen LogP contribution in [0.2, 0.25) is 12.6 Å². The quantitative estimate of drug-likeness (QED) is 0.575. The molecule has 1 N–H and O–H groups in total. The predicted octanol–water partition coefficient (Wildman–Crippen LogP) is 4.92. The molecule has 25 heavy (non-hydrogen) atoms. The zero-order valence-corrected chi connectivity index (χ0v) is 15.3. The van der Waals surface area contributed by atoms with Crippen molar-refractivity contribution in [3.05, 3.63) is 54.7 Å². The first-order valence-electron chi connectivity index (χ1n) is 9.58. The van der Waals surface area contributed by atoms with Crippen molar-refractivity contribution in [3.63, 3.8) is 0 Å². The van der Waals surface area contributed by atoms with Crippen molar-refractivity contribution < 1.29 is 9.36 Å². The van der Waals surface area contributed by atoms with Crippen LogP contribution in [0.4, 0.5) is 16.3 Å². The van der Waals surface area contributed by atoms with E-state index in [2.05, 4.69) is 19.1 Å². The number of nitrogens with one attached hydrogen (secondary N) is 1. The molecule has 0 radical (unpaired) electrons. The maximum atomic E-state index is 13.4. The number of carbonyl (C=O) groups excluding carboxylic acids is 1. The molecule has 2 heterocycles. The van der Waals surface area contributed by atoms with Gasteiger partial charge in [0.25, 0.3) is 0 Å². The molecule has 5 heteroatoms. The minimum atomic E-state index is -1.19. The number of hydrogen-bond acceptors (Lipinski definition) is 2. The Morgan fingerprint density at radius 2 is 1.60 bits per heavy atom. The number of unbranched alkanes of at least 4 members (excludes halogenated alkanes) is 2. The number of rotatable bonds is 7. The standard InChI is InChI=1S/C20H27BN3O/c1-3-5-15-21(16-6-4-2)22-19-14-10-11-17-23(19)20(25)24(21)18-12-8-7-9-13-18/h7-14,17H,3-6,15-16H2,1-2H3/q-1/p+1. The molecular formula is C20H28BN3O. The van der Waals surface area contributed by atoms with Gasteiger partial charge in [-0.1, -0.05) is 63.8 Å². The number of para-hydroxylation sites is 1. The average Bonchev–Trinajstić information content (AvgIpc) is 2.66. The summed E-state index contributed by atoms with van der Waals surface area (Å²) in [5, 5.41) is 3.79. The van der Waals surface area contributed by atoms with E-state index < -0.39 is 6.42 Å². The predicted molar refractivity (Wildman–Crippen MR) is 105 cm³/mol. The first-order valence-corrected chi connectivity index (χ1v) is 9.58. The second-order valence-electron chi connectivity index (χ2n) is 7.06. The Balaban J connectivity index is 2.11. The molecule has 1 aromatic heterocycles. The lowest BCUT2D eigenvalue weighted by Crippen LogP contribution is -2.74. The van der Waals surface area contributed by atoms with E-state index in [9.17, 15) is 4.79 Å². The Bertz CT molecular complexity index is 712. The van der Waals surface area contributed by atoms with E-state index in [1.54, 1.807) is 4.57 Å². The minimum absolute atomic E-state index is 0.0488. The van der Waals surface area contributed by atoms with E-state index in [1.165, 1.54) is 0 Å². The molecule has 1 aromatic carbocycles. The fourth-order valence-corrected chi connectivity index (χ4v) is 4.01. The molecule has 0 atom stereocenters. The summed E-state index contributed by atoms with van der Waals surface area (Å²) in [6.07, 6.45) is 7.15. The summed E-state index contributed by atoms with van der Waals surface area (Å²) in [4.78, 5) is 15.5. The summed E-state index contributed by atoms with van der Waals surface area (Å²) in [7, 11) is 0. The highest BCUT2D eigenvalue weighted by atomic mass is 16.2. The SMILES string of the molecule is CCCC[B-]1(CCCC)Nc2cccc[n+]2C(=O)N1c1ccccc1. The minimum Gasteiger partial charge on any atom is -0.460 e. The topological polar surface area (TPSA) is 36.2 Å². The summed E-state index contributed by atoms with van der Waals surface area (Å²) >= 11 is 0. The van der Waals surface area contributed by atoms with Gasteiger partial charge in [-0.05, 0) is 18.2 Å². The van der Waals surface area contributed by atoms with Gasteiger partial charge in [0, 0.05) is 6.07 Å². The zero-order valence-electron chi connectivity index (χ0n) is 15.3. The van der Waals surface area contributed by atoms with E-state index in [1.807, 2.05) is 59.5 Å². The van der Waals surface area contributed by atoms with Gasteiger partial charge in [0.1, 0.15) is 0 Å². The van der Waals surface area contributed by atoms with Crippen molar-refractivity contribution >= 4 is 24.0 Å². The van der Waals surface area contributed by atoms with Crippen LogP contribution in [0, 0.1) is 0 Å². The van der Waals surface area contributed by atoms with Crippen LogP contribution in [0.25, 0.3) is 0 Å². The Morgan fingerprint density at radius 3 is 2.24 bits per heavy atom. The number of benzene rings is 1. The van der Waals surface area contributed by atoms with Crippen LogP contribution in [0.1, 0.15) is 39.5 Å². The smallest absolute Gasteiger partial charge is 0.406 e. The van der Waals surface area contributed by atoms with E-state index in [0.29, 0.717) is 0 Å². The molecule has 0 bridgehead atoms. The highest BCUT2D eigenvalue weighted by Gasteiger charge is 2.47. The summed E-state index contributed by atoms with van der Waals surface area (Å²) in [5.74, 6) is 0.909. The molecule has 1 amide bonds. The van der Waals surface area contributed by atoms with Gasteiger partial charge in [0.2, 0.25) is 0 Å². The molecule has 2 aromatic rings. The van der Waals surface area contributed by atoms with Gasteiger partial charge in [-0.2, -0.15) is 4.57 Å². The van der Waals surface area contributed by atoms with Crippen molar-refractivity contribution in [2.24, 2.45) is 0 Å². The Hall–Kier alpha value is -2.30. The molecule has 0 saturated carbocycles. The number of fused-ring (bicyclic) bond motifs is 1. The molecule has 0 fully saturated rings. The van der Waals surface area contributed by atoms with Crippen LogP contribution in [0.3, 0.4) is 0 Å². The number of hydrogen-bond donors (Lipinski definition) is 1. The van der Waals surface area contributed by atoms with Gasteiger partial charge in [0.15, 0.2) is 5.82 Å². The molecule has 3 rings (SSSR count). The van der Waals surface area contributed by atoms with Crippen molar-refractivity contribution in [1.82, 2.24) is 0 Å². The van der Waals surface area contributed by atoms with Crippen molar-refractivity contribution in [2.45, 2.75) is 52.2 Å². The highest BCUT2D eigenvalue weighted by Crippen LogP contribution is 2.33. The van der Waals surface area contributed by atoms with Crippen molar-refractivity contribution in [2.75, 3.05) is 10.0 Å². The van der Waals surface area contributed by atoms with Gasteiger partial charge < -0.3 is 10.0 Å².